The van der Waals surface area contributed by atoms with Crippen LogP contribution < -0.4 is 0 Å². The summed E-state index contributed by atoms with van der Waals surface area (Å²) in [5.41, 5.74) is 12.6. The molecule has 5 heterocycles. The molecule has 0 radical (unpaired) electrons. The highest BCUT2D eigenvalue weighted by Crippen LogP contribution is 2.42. The summed E-state index contributed by atoms with van der Waals surface area (Å²) in [5, 5.41) is 7.53. The average Bonchev–Trinajstić information content (AvgIpc) is 3.88. The molecule has 0 spiro atoms. The van der Waals surface area contributed by atoms with Gasteiger partial charge in [-0.15, -0.1) is 0 Å². The molecule has 4 heteroatoms. The fraction of sp³-hybridized carbons (Fsp3) is 0. The molecule has 0 saturated heterocycles. The quantitative estimate of drug-likeness (QED) is 0.199. The average molecular weight is 599 g/mol. The molecular formula is C43H26N4. The van der Waals surface area contributed by atoms with Crippen molar-refractivity contribution in [1.29, 1.82) is 0 Å². The Labute approximate surface area is 269 Å². The number of fused-ring (bicyclic) bond motifs is 10. The second-order valence-corrected chi connectivity index (χ2v) is 12.4. The molecule has 0 saturated carbocycles. The minimum absolute atomic E-state index is 0.980. The highest BCUT2D eigenvalue weighted by molar-refractivity contribution is 6.26. The van der Waals surface area contributed by atoms with Gasteiger partial charge in [-0.2, -0.15) is 0 Å². The Bertz CT molecular complexity index is 2990. The lowest BCUT2D eigenvalue weighted by atomic mass is 10.1. The molecule has 6 aromatic carbocycles. The van der Waals surface area contributed by atoms with Gasteiger partial charge < -0.3 is 9.13 Å². The number of hydrogen-bond donors (Lipinski definition) is 0. The molecule has 0 unspecified atom stereocenters. The van der Waals surface area contributed by atoms with E-state index >= 15 is 0 Å². The fourth-order valence-electron chi connectivity index (χ4n) is 8.07. The van der Waals surface area contributed by atoms with Gasteiger partial charge in [-0.1, -0.05) is 103 Å². The van der Waals surface area contributed by atoms with Crippen LogP contribution in [0.25, 0.3) is 93.7 Å². The van der Waals surface area contributed by atoms with Gasteiger partial charge in [0.2, 0.25) is 0 Å². The molecule has 47 heavy (non-hydrogen) atoms. The lowest BCUT2D eigenvalue weighted by molar-refractivity contribution is 1.17. The summed E-state index contributed by atoms with van der Waals surface area (Å²) in [6.45, 7) is 0. The van der Waals surface area contributed by atoms with Crippen LogP contribution in [-0.4, -0.2) is 18.5 Å². The van der Waals surface area contributed by atoms with Crippen LogP contribution in [0.15, 0.2) is 158 Å². The topological polar surface area (TPSA) is 27.2 Å². The van der Waals surface area contributed by atoms with E-state index in [0.29, 0.717) is 0 Å². The van der Waals surface area contributed by atoms with Crippen molar-refractivity contribution in [3.05, 3.63) is 158 Å². The first-order valence-electron chi connectivity index (χ1n) is 16.1. The molecule has 11 rings (SSSR count). The van der Waals surface area contributed by atoms with Crippen LogP contribution >= 0.6 is 0 Å². The summed E-state index contributed by atoms with van der Waals surface area (Å²) in [6, 6.07) is 56.9. The van der Waals surface area contributed by atoms with E-state index in [1.807, 2.05) is 0 Å². The minimum atomic E-state index is 0.980. The molecule has 0 atom stereocenters. The third-order valence-corrected chi connectivity index (χ3v) is 9.98. The molecule has 5 aromatic heterocycles. The second kappa shape index (κ2) is 9.09. The van der Waals surface area contributed by atoms with Gasteiger partial charge in [0, 0.05) is 49.3 Å². The van der Waals surface area contributed by atoms with Crippen LogP contribution in [0, 0.1) is 0 Å². The van der Waals surface area contributed by atoms with Crippen molar-refractivity contribution in [3.63, 3.8) is 0 Å². The van der Waals surface area contributed by atoms with Crippen molar-refractivity contribution in [2.75, 3.05) is 0 Å². The monoisotopic (exact) mass is 598 g/mol. The Morgan fingerprint density at radius 3 is 1.74 bits per heavy atom. The molecule has 0 aliphatic rings. The van der Waals surface area contributed by atoms with Crippen molar-refractivity contribution >= 4 is 71.1 Å². The highest BCUT2D eigenvalue weighted by atomic mass is 15.0. The maximum atomic E-state index is 5.13. The van der Waals surface area contributed by atoms with E-state index in [4.69, 9.17) is 4.98 Å². The van der Waals surface area contributed by atoms with E-state index in [2.05, 4.69) is 171 Å². The van der Waals surface area contributed by atoms with E-state index in [0.717, 1.165) is 28.3 Å². The van der Waals surface area contributed by atoms with Gasteiger partial charge in [-0.25, -0.2) is 4.98 Å². The number of hydrogen-bond acceptors (Lipinski definition) is 1. The molecular weight excluding hydrogens is 573 g/mol. The van der Waals surface area contributed by atoms with Gasteiger partial charge in [0.15, 0.2) is 0 Å². The van der Waals surface area contributed by atoms with Crippen LogP contribution in [0.2, 0.25) is 0 Å². The third kappa shape index (κ3) is 3.23. The van der Waals surface area contributed by atoms with E-state index in [1.54, 1.807) is 0 Å². The molecule has 0 bridgehead atoms. The number of aromatic nitrogens is 4. The first kappa shape index (κ1) is 24.9. The standard InChI is InChI=1S/C43H26N4/c1-2-11-28(12-3-1)46-35-17-8-6-14-31(35)33-25-26-38-40(42(33)46)34-16-7-9-18-37(34)45(38)29-23-21-27(22-24-29)41-43-32-15-5-4-13-30(32)36-19-10-20-39(44-41)47(36)43/h1-26H. The number of pyridine rings is 1. The Balaban J connectivity index is 1.17. The predicted octanol–water partition coefficient (Wildman–Crippen LogP) is 10.9. The number of imidazole rings is 1. The summed E-state index contributed by atoms with van der Waals surface area (Å²) in [7, 11) is 0. The van der Waals surface area contributed by atoms with Gasteiger partial charge in [0.05, 0.1) is 38.8 Å². The van der Waals surface area contributed by atoms with Gasteiger partial charge in [0.25, 0.3) is 0 Å². The summed E-state index contributed by atoms with van der Waals surface area (Å²) < 4.78 is 7.15. The van der Waals surface area contributed by atoms with Crippen LogP contribution in [0.3, 0.4) is 0 Å². The molecule has 0 N–H and O–H groups in total. The second-order valence-electron chi connectivity index (χ2n) is 12.4. The van der Waals surface area contributed by atoms with E-state index in [9.17, 15) is 0 Å². The van der Waals surface area contributed by atoms with Crippen molar-refractivity contribution in [2.24, 2.45) is 0 Å². The maximum absolute atomic E-state index is 5.13. The Kier molecular flexibility index (Phi) is 4.81. The number of nitrogens with zero attached hydrogens (tertiary/aromatic N) is 4. The van der Waals surface area contributed by atoms with E-state index in [1.165, 1.54) is 65.4 Å². The number of para-hydroxylation sites is 3. The zero-order chi connectivity index (χ0) is 30.6. The number of benzene rings is 6. The van der Waals surface area contributed by atoms with Gasteiger partial charge >= 0.3 is 0 Å². The molecule has 11 aromatic rings. The maximum Gasteiger partial charge on any atom is 0.138 e. The summed E-state index contributed by atoms with van der Waals surface area (Å²) in [6.07, 6.45) is 0. The lowest BCUT2D eigenvalue weighted by Crippen LogP contribution is -1.95. The summed E-state index contributed by atoms with van der Waals surface area (Å²) >= 11 is 0. The van der Waals surface area contributed by atoms with Crippen LogP contribution in [0.4, 0.5) is 0 Å². The van der Waals surface area contributed by atoms with Crippen molar-refractivity contribution < 1.29 is 0 Å². The first-order chi connectivity index (χ1) is 23.3. The largest absolute Gasteiger partial charge is 0.309 e. The highest BCUT2D eigenvalue weighted by Gasteiger charge is 2.22. The number of rotatable bonds is 3. The zero-order valence-electron chi connectivity index (χ0n) is 25.3. The van der Waals surface area contributed by atoms with Gasteiger partial charge in [0.1, 0.15) is 5.65 Å². The molecule has 0 aliphatic heterocycles. The minimum Gasteiger partial charge on any atom is -0.309 e. The van der Waals surface area contributed by atoms with Crippen molar-refractivity contribution in [1.82, 2.24) is 18.5 Å². The first-order valence-corrected chi connectivity index (χ1v) is 16.1. The fourth-order valence-corrected chi connectivity index (χ4v) is 8.07. The SMILES string of the molecule is c1ccc(-n2c3ccccc3c3ccc4c(c5ccccc5n4-c4ccc(-c5nc6cccc7c8ccccc8c5n67)cc4)c32)cc1. The third-order valence-electron chi connectivity index (χ3n) is 9.98. The Morgan fingerprint density at radius 2 is 0.957 bits per heavy atom. The smallest absolute Gasteiger partial charge is 0.138 e. The predicted molar refractivity (Wildman–Crippen MR) is 196 cm³/mol. The van der Waals surface area contributed by atoms with E-state index < -0.39 is 0 Å². The lowest BCUT2D eigenvalue weighted by Gasteiger charge is -2.10. The van der Waals surface area contributed by atoms with Crippen LogP contribution in [0.5, 0.6) is 0 Å². The summed E-state index contributed by atoms with van der Waals surface area (Å²) in [4.78, 5) is 5.13. The van der Waals surface area contributed by atoms with Gasteiger partial charge in [-0.3, -0.25) is 4.40 Å². The molecule has 0 amide bonds. The van der Waals surface area contributed by atoms with Crippen LogP contribution in [-0.2, 0) is 0 Å². The molecule has 0 aliphatic carbocycles. The van der Waals surface area contributed by atoms with Crippen molar-refractivity contribution in [3.8, 4) is 22.6 Å². The van der Waals surface area contributed by atoms with E-state index in [-0.39, 0.29) is 0 Å². The normalized spacial score (nSPS) is 12.3. The zero-order valence-corrected chi connectivity index (χ0v) is 25.3. The van der Waals surface area contributed by atoms with Crippen LogP contribution in [0.1, 0.15) is 0 Å². The van der Waals surface area contributed by atoms with Crippen molar-refractivity contribution in [2.45, 2.75) is 0 Å². The molecule has 0 fully saturated rings. The van der Waals surface area contributed by atoms with Gasteiger partial charge in [-0.05, 0) is 54.6 Å². The molecule has 218 valence electrons. The molecule has 4 nitrogen and oxygen atoms in total. The summed E-state index contributed by atoms with van der Waals surface area (Å²) in [5.74, 6) is 0. The Morgan fingerprint density at radius 1 is 0.362 bits per heavy atom. The Hall–Kier alpha value is -6.39.